The van der Waals surface area contributed by atoms with Crippen LogP contribution in [0.3, 0.4) is 0 Å². The molecule has 0 fully saturated rings. The van der Waals surface area contributed by atoms with Gasteiger partial charge in [0.15, 0.2) is 4.34 Å². The first kappa shape index (κ1) is 19.5. The summed E-state index contributed by atoms with van der Waals surface area (Å²) < 4.78 is 6.44. The Bertz CT molecular complexity index is 885. The predicted octanol–water partition coefficient (Wildman–Crippen LogP) is 5.32. The van der Waals surface area contributed by atoms with Crippen LogP contribution in [0.15, 0.2) is 52.9 Å². The van der Waals surface area contributed by atoms with Crippen LogP contribution in [-0.2, 0) is 0 Å². The second-order valence-corrected chi connectivity index (χ2v) is 8.23. The van der Waals surface area contributed by atoms with Crippen LogP contribution in [0, 0.1) is 6.92 Å². The van der Waals surface area contributed by atoms with Crippen molar-refractivity contribution in [2.24, 2.45) is 0 Å². The van der Waals surface area contributed by atoms with Gasteiger partial charge in [-0.3, -0.25) is 5.32 Å². The number of nitrogens with one attached hydrogen (secondary N) is 2. The van der Waals surface area contributed by atoms with Gasteiger partial charge in [0.25, 0.3) is 0 Å². The fraction of sp³-hybridized carbons (Fsp3) is 0.167. The van der Waals surface area contributed by atoms with Gasteiger partial charge in [0.2, 0.25) is 5.13 Å². The summed E-state index contributed by atoms with van der Waals surface area (Å²) in [5.74, 6) is 1.58. The molecule has 0 saturated carbocycles. The van der Waals surface area contributed by atoms with E-state index in [4.69, 9.17) is 16.3 Å². The highest BCUT2D eigenvalue weighted by Crippen LogP contribution is 2.25. The molecule has 27 heavy (non-hydrogen) atoms. The molecule has 3 rings (SSSR count). The highest BCUT2D eigenvalue weighted by atomic mass is 35.5. The van der Waals surface area contributed by atoms with Gasteiger partial charge in [0, 0.05) is 16.5 Å². The number of aryl methyl sites for hydroxylation is 1. The molecule has 6 nitrogen and oxygen atoms in total. The van der Waals surface area contributed by atoms with E-state index >= 15 is 0 Å². The van der Waals surface area contributed by atoms with Crippen molar-refractivity contribution in [1.82, 2.24) is 10.2 Å². The number of nitrogens with zero attached hydrogens (tertiary/aromatic N) is 2. The minimum Gasteiger partial charge on any atom is -0.493 e. The van der Waals surface area contributed by atoms with E-state index in [9.17, 15) is 4.79 Å². The van der Waals surface area contributed by atoms with Crippen molar-refractivity contribution in [3.8, 4) is 5.75 Å². The first-order chi connectivity index (χ1) is 13.1. The monoisotopic (exact) mass is 420 g/mol. The lowest BCUT2D eigenvalue weighted by Gasteiger charge is -2.05. The molecule has 0 aliphatic carbocycles. The Labute approximate surface area is 170 Å². The van der Waals surface area contributed by atoms with Crippen molar-refractivity contribution in [3.63, 3.8) is 0 Å². The van der Waals surface area contributed by atoms with Gasteiger partial charge in [-0.05, 0) is 43.3 Å². The van der Waals surface area contributed by atoms with E-state index in [0.29, 0.717) is 22.4 Å². The number of benzene rings is 2. The first-order valence-electron chi connectivity index (χ1n) is 8.08. The van der Waals surface area contributed by atoms with Gasteiger partial charge in [-0.2, -0.15) is 0 Å². The number of ether oxygens (including phenoxy) is 1. The summed E-state index contributed by atoms with van der Waals surface area (Å²) >= 11 is 8.66. The predicted molar refractivity (Wildman–Crippen MR) is 111 cm³/mol. The van der Waals surface area contributed by atoms with Crippen LogP contribution >= 0.6 is 34.7 Å². The standard InChI is InChI=1S/C18H17ClN4O2S2/c1-12-2-8-15(9-3-12)25-10-11-26-18-23-22-17(27-18)21-16(24)20-14-6-4-13(19)5-7-14/h2-9H,10-11H2,1H3,(H2,20,21,22,24). The number of thioether (sulfide) groups is 1. The third-order valence-electron chi connectivity index (χ3n) is 3.33. The zero-order chi connectivity index (χ0) is 19.1. The van der Waals surface area contributed by atoms with Gasteiger partial charge in [-0.25, -0.2) is 4.79 Å². The van der Waals surface area contributed by atoms with Crippen LogP contribution in [0.25, 0.3) is 0 Å². The summed E-state index contributed by atoms with van der Waals surface area (Å²) in [7, 11) is 0. The maximum Gasteiger partial charge on any atom is 0.325 e. The van der Waals surface area contributed by atoms with E-state index in [1.807, 2.05) is 31.2 Å². The fourth-order valence-corrected chi connectivity index (χ4v) is 3.80. The molecule has 0 aliphatic rings. The van der Waals surface area contributed by atoms with Crippen molar-refractivity contribution in [2.75, 3.05) is 23.0 Å². The molecule has 0 atom stereocenters. The molecule has 0 spiro atoms. The average molecular weight is 421 g/mol. The first-order valence-corrected chi connectivity index (χ1v) is 10.3. The summed E-state index contributed by atoms with van der Waals surface area (Å²) in [5.41, 5.74) is 1.84. The minimum absolute atomic E-state index is 0.382. The molecular formula is C18H17ClN4O2S2. The van der Waals surface area contributed by atoms with Crippen LogP contribution in [0.5, 0.6) is 5.75 Å². The number of rotatable bonds is 7. The highest BCUT2D eigenvalue weighted by molar-refractivity contribution is 8.01. The largest absolute Gasteiger partial charge is 0.493 e. The number of aromatic nitrogens is 2. The Morgan fingerprint density at radius 3 is 2.59 bits per heavy atom. The number of urea groups is 1. The summed E-state index contributed by atoms with van der Waals surface area (Å²) in [6, 6.07) is 14.4. The summed E-state index contributed by atoms with van der Waals surface area (Å²) in [6.45, 7) is 2.60. The van der Waals surface area contributed by atoms with Crippen molar-refractivity contribution >= 4 is 51.5 Å². The summed E-state index contributed by atoms with van der Waals surface area (Å²) in [6.07, 6.45) is 0. The zero-order valence-corrected chi connectivity index (χ0v) is 16.8. The molecule has 2 N–H and O–H groups in total. The molecule has 0 bridgehead atoms. The summed E-state index contributed by atoms with van der Waals surface area (Å²) in [5, 5.41) is 14.4. The van der Waals surface area contributed by atoms with Gasteiger partial charge < -0.3 is 10.1 Å². The molecule has 3 aromatic rings. The smallest absolute Gasteiger partial charge is 0.325 e. The molecule has 1 aromatic heterocycles. The Hall–Kier alpha value is -2.29. The second kappa shape index (κ2) is 9.59. The lowest BCUT2D eigenvalue weighted by atomic mass is 10.2. The van der Waals surface area contributed by atoms with Crippen molar-refractivity contribution in [2.45, 2.75) is 11.3 Å². The Kier molecular flexibility index (Phi) is 6.92. The minimum atomic E-state index is -0.382. The maximum absolute atomic E-state index is 12.0. The van der Waals surface area contributed by atoms with Crippen LogP contribution in [0.2, 0.25) is 5.02 Å². The molecule has 2 aromatic carbocycles. The quantitative estimate of drug-likeness (QED) is 0.307. The number of anilines is 2. The van der Waals surface area contributed by atoms with Crippen LogP contribution in [0.4, 0.5) is 15.6 Å². The highest BCUT2D eigenvalue weighted by Gasteiger charge is 2.09. The van der Waals surface area contributed by atoms with E-state index in [2.05, 4.69) is 20.8 Å². The van der Waals surface area contributed by atoms with Crippen LogP contribution in [-0.4, -0.2) is 28.6 Å². The molecule has 0 saturated heterocycles. The molecular weight excluding hydrogens is 404 g/mol. The third kappa shape index (κ3) is 6.42. The van der Waals surface area contributed by atoms with E-state index < -0.39 is 0 Å². The van der Waals surface area contributed by atoms with Crippen molar-refractivity contribution in [1.29, 1.82) is 0 Å². The molecule has 140 valence electrons. The van der Waals surface area contributed by atoms with Gasteiger partial charge in [-0.1, -0.05) is 52.4 Å². The number of hydrogen-bond donors (Lipinski definition) is 2. The number of carbonyl (C=O) groups excluding carboxylic acids is 1. The third-order valence-corrected chi connectivity index (χ3v) is 5.52. The zero-order valence-electron chi connectivity index (χ0n) is 14.4. The Morgan fingerprint density at radius 1 is 1.11 bits per heavy atom. The summed E-state index contributed by atoms with van der Waals surface area (Å²) in [4.78, 5) is 12.0. The van der Waals surface area contributed by atoms with Gasteiger partial charge in [0.05, 0.1) is 6.61 Å². The van der Waals surface area contributed by atoms with E-state index in [1.165, 1.54) is 28.7 Å². The van der Waals surface area contributed by atoms with E-state index in [-0.39, 0.29) is 6.03 Å². The maximum atomic E-state index is 12.0. The lowest BCUT2D eigenvalue weighted by molar-refractivity contribution is 0.262. The molecule has 0 aliphatic heterocycles. The SMILES string of the molecule is Cc1ccc(OCCSc2nnc(NC(=O)Nc3ccc(Cl)cc3)s2)cc1. The molecule has 0 radical (unpaired) electrons. The number of hydrogen-bond acceptors (Lipinski definition) is 6. The van der Waals surface area contributed by atoms with E-state index in [1.54, 1.807) is 24.3 Å². The van der Waals surface area contributed by atoms with Gasteiger partial charge >= 0.3 is 6.03 Å². The van der Waals surface area contributed by atoms with E-state index in [0.717, 1.165) is 15.8 Å². The van der Waals surface area contributed by atoms with Gasteiger partial charge in [-0.15, -0.1) is 10.2 Å². The number of halogens is 1. The normalized spacial score (nSPS) is 10.4. The number of carbonyl (C=O) groups is 1. The second-order valence-electron chi connectivity index (χ2n) is 5.47. The number of amides is 2. The van der Waals surface area contributed by atoms with Crippen molar-refractivity contribution in [3.05, 3.63) is 59.1 Å². The average Bonchev–Trinajstić information content (AvgIpc) is 3.09. The Balaban J connectivity index is 1.40. The molecule has 0 unspecified atom stereocenters. The fourth-order valence-electron chi connectivity index (χ4n) is 2.03. The Morgan fingerprint density at radius 2 is 1.85 bits per heavy atom. The van der Waals surface area contributed by atoms with Gasteiger partial charge in [0.1, 0.15) is 5.75 Å². The lowest BCUT2D eigenvalue weighted by Crippen LogP contribution is -2.19. The molecule has 2 amide bonds. The molecule has 1 heterocycles. The van der Waals surface area contributed by atoms with Crippen molar-refractivity contribution < 1.29 is 9.53 Å². The van der Waals surface area contributed by atoms with Crippen LogP contribution in [0.1, 0.15) is 5.56 Å². The van der Waals surface area contributed by atoms with Crippen LogP contribution < -0.4 is 15.4 Å². The topological polar surface area (TPSA) is 76.1 Å². The molecule has 9 heteroatoms.